The lowest BCUT2D eigenvalue weighted by Crippen LogP contribution is -2.45. The second-order valence-electron chi connectivity index (χ2n) is 4.86. The van der Waals surface area contributed by atoms with Crippen LogP contribution in [0.3, 0.4) is 0 Å². The second-order valence-corrected chi connectivity index (χ2v) is 4.86. The van der Waals surface area contributed by atoms with E-state index in [4.69, 9.17) is 0 Å². The molecule has 0 aromatic heterocycles. The van der Waals surface area contributed by atoms with E-state index in [0.717, 1.165) is 17.5 Å². The highest BCUT2D eigenvalue weighted by molar-refractivity contribution is 5.97. The Balaban J connectivity index is 2.66. The Morgan fingerprint density at radius 2 is 1.74 bits per heavy atom. The lowest BCUT2D eigenvalue weighted by molar-refractivity contribution is -0.122. The second kappa shape index (κ2) is 6.92. The van der Waals surface area contributed by atoms with Crippen molar-refractivity contribution in [1.82, 2.24) is 10.6 Å². The van der Waals surface area contributed by atoms with Crippen molar-refractivity contribution in [3.05, 3.63) is 34.9 Å². The SMILES string of the molecule is CCCNC(=O)[C@@H](C)NC(=O)c1cc(C)cc(C)c1. The first kappa shape index (κ1) is 15.2. The Morgan fingerprint density at radius 3 is 2.26 bits per heavy atom. The first-order valence-electron chi connectivity index (χ1n) is 6.61. The third-order valence-electron chi connectivity index (χ3n) is 2.77. The number of amides is 2. The minimum absolute atomic E-state index is 0.153. The van der Waals surface area contributed by atoms with Crippen molar-refractivity contribution < 1.29 is 9.59 Å². The average molecular weight is 262 g/mol. The summed E-state index contributed by atoms with van der Waals surface area (Å²) in [5, 5.41) is 5.47. The first-order chi connectivity index (χ1) is 8.93. The summed E-state index contributed by atoms with van der Waals surface area (Å²) in [7, 11) is 0. The number of carbonyl (C=O) groups is 2. The first-order valence-corrected chi connectivity index (χ1v) is 6.61. The quantitative estimate of drug-likeness (QED) is 0.852. The van der Waals surface area contributed by atoms with E-state index in [2.05, 4.69) is 10.6 Å². The number of hydrogen-bond acceptors (Lipinski definition) is 2. The topological polar surface area (TPSA) is 58.2 Å². The van der Waals surface area contributed by atoms with Crippen LogP contribution in [0.15, 0.2) is 18.2 Å². The number of nitrogens with one attached hydrogen (secondary N) is 2. The summed E-state index contributed by atoms with van der Waals surface area (Å²) < 4.78 is 0. The van der Waals surface area contributed by atoms with Crippen LogP contribution in [0.1, 0.15) is 41.8 Å². The van der Waals surface area contributed by atoms with E-state index in [1.165, 1.54) is 0 Å². The predicted molar refractivity (Wildman–Crippen MR) is 76.1 cm³/mol. The molecule has 0 aliphatic heterocycles. The lowest BCUT2D eigenvalue weighted by atomic mass is 10.1. The van der Waals surface area contributed by atoms with E-state index in [1.54, 1.807) is 6.92 Å². The Labute approximate surface area is 114 Å². The van der Waals surface area contributed by atoms with Crippen LogP contribution >= 0.6 is 0 Å². The molecule has 0 aliphatic rings. The normalized spacial score (nSPS) is 11.8. The zero-order chi connectivity index (χ0) is 14.4. The molecule has 0 heterocycles. The molecule has 1 atom stereocenters. The maximum absolute atomic E-state index is 12.0. The highest BCUT2D eigenvalue weighted by atomic mass is 16.2. The van der Waals surface area contributed by atoms with Gasteiger partial charge in [-0.15, -0.1) is 0 Å². The third-order valence-corrected chi connectivity index (χ3v) is 2.77. The summed E-state index contributed by atoms with van der Waals surface area (Å²) >= 11 is 0. The number of benzene rings is 1. The Kier molecular flexibility index (Phi) is 5.55. The summed E-state index contributed by atoms with van der Waals surface area (Å²) in [6.07, 6.45) is 0.878. The van der Waals surface area contributed by atoms with Gasteiger partial charge in [0, 0.05) is 12.1 Å². The summed E-state index contributed by atoms with van der Waals surface area (Å²) in [5.74, 6) is -0.370. The Bertz CT molecular complexity index is 449. The molecule has 1 aromatic carbocycles. The molecule has 1 aromatic rings. The van der Waals surface area contributed by atoms with Crippen molar-refractivity contribution in [2.75, 3.05) is 6.54 Å². The zero-order valence-electron chi connectivity index (χ0n) is 12.0. The largest absolute Gasteiger partial charge is 0.354 e. The summed E-state index contributed by atoms with van der Waals surface area (Å²) in [6, 6.07) is 5.12. The van der Waals surface area contributed by atoms with Gasteiger partial charge in [-0.25, -0.2) is 0 Å². The lowest BCUT2D eigenvalue weighted by Gasteiger charge is -2.14. The number of hydrogen-bond donors (Lipinski definition) is 2. The monoisotopic (exact) mass is 262 g/mol. The van der Waals surface area contributed by atoms with E-state index in [1.807, 2.05) is 39.0 Å². The van der Waals surface area contributed by atoms with Gasteiger partial charge in [-0.05, 0) is 39.3 Å². The summed E-state index contributed by atoms with van der Waals surface area (Å²) in [6.45, 7) is 8.19. The van der Waals surface area contributed by atoms with Gasteiger partial charge in [0.15, 0.2) is 0 Å². The molecule has 2 amide bonds. The molecule has 0 spiro atoms. The number of aryl methyl sites for hydroxylation is 2. The van der Waals surface area contributed by atoms with Gasteiger partial charge in [0.05, 0.1) is 0 Å². The van der Waals surface area contributed by atoms with Gasteiger partial charge in [0.1, 0.15) is 6.04 Å². The molecule has 0 bridgehead atoms. The van der Waals surface area contributed by atoms with Crippen LogP contribution in [0.25, 0.3) is 0 Å². The molecule has 0 aliphatic carbocycles. The minimum atomic E-state index is -0.528. The van der Waals surface area contributed by atoms with Crippen LogP contribution in [-0.2, 0) is 4.79 Å². The van der Waals surface area contributed by atoms with Gasteiger partial charge in [-0.2, -0.15) is 0 Å². The molecule has 1 rings (SSSR count). The van der Waals surface area contributed by atoms with Gasteiger partial charge in [-0.3, -0.25) is 9.59 Å². The van der Waals surface area contributed by atoms with Crippen molar-refractivity contribution >= 4 is 11.8 Å². The van der Waals surface area contributed by atoms with Crippen molar-refractivity contribution in [1.29, 1.82) is 0 Å². The van der Waals surface area contributed by atoms with Gasteiger partial charge < -0.3 is 10.6 Å². The highest BCUT2D eigenvalue weighted by Crippen LogP contribution is 2.08. The Hall–Kier alpha value is -1.84. The molecule has 0 unspecified atom stereocenters. The molecule has 104 valence electrons. The molecular weight excluding hydrogens is 240 g/mol. The van der Waals surface area contributed by atoms with Crippen LogP contribution in [0.2, 0.25) is 0 Å². The standard InChI is InChI=1S/C15H22N2O2/c1-5-6-16-14(18)12(4)17-15(19)13-8-10(2)7-11(3)9-13/h7-9,12H,5-6H2,1-4H3,(H,16,18)(H,17,19)/t12-/m1/s1. The molecule has 2 N–H and O–H groups in total. The van der Waals surface area contributed by atoms with Crippen LogP contribution in [0.5, 0.6) is 0 Å². The van der Waals surface area contributed by atoms with Gasteiger partial charge >= 0.3 is 0 Å². The molecule has 0 radical (unpaired) electrons. The molecule has 0 saturated heterocycles. The van der Waals surface area contributed by atoms with Crippen molar-refractivity contribution in [3.63, 3.8) is 0 Å². The average Bonchev–Trinajstić information content (AvgIpc) is 2.34. The van der Waals surface area contributed by atoms with Gasteiger partial charge in [0.25, 0.3) is 5.91 Å². The molecule has 4 nitrogen and oxygen atoms in total. The zero-order valence-corrected chi connectivity index (χ0v) is 12.0. The van der Waals surface area contributed by atoms with Crippen molar-refractivity contribution in [2.45, 2.75) is 40.2 Å². The maximum atomic E-state index is 12.0. The van der Waals surface area contributed by atoms with Crippen LogP contribution in [0.4, 0.5) is 0 Å². The molecule has 19 heavy (non-hydrogen) atoms. The fourth-order valence-corrected chi connectivity index (χ4v) is 1.85. The summed E-state index contributed by atoms with van der Waals surface area (Å²) in [4.78, 5) is 23.7. The minimum Gasteiger partial charge on any atom is -0.354 e. The van der Waals surface area contributed by atoms with E-state index in [-0.39, 0.29) is 11.8 Å². The third kappa shape index (κ3) is 4.73. The maximum Gasteiger partial charge on any atom is 0.251 e. The van der Waals surface area contributed by atoms with E-state index in [0.29, 0.717) is 12.1 Å². The fraction of sp³-hybridized carbons (Fsp3) is 0.467. The van der Waals surface area contributed by atoms with E-state index in [9.17, 15) is 9.59 Å². The van der Waals surface area contributed by atoms with Gasteiger partial charge in [-0.1, -0.05) is 24.1 Å². The highest BCUT2D eigenvalue weighted by Gasteiger charge is 2.16. The number of rotatable bonds is 5. The predicted octanol–water partition coefficient (Wildman–Crippen LogP) is 1.95. The molecule has 0 saturated carbocycles. The Morgan fingerprint density at radius 1 is 1.16 bits per heavy atom. The van der Waals surface area contributed by atoms with Crippen LogP contribution < -0.4 is 10.6 Å². The van der Waals surface area contributed by atoms with Gasteiger partial charge in [0.2, 0.25) is 5.91 Å². The van der Waals surface area contributed by atoms with E-state index >= 15 is 0 Å². The van der Waals surface area contributed by atoms with Crippen molar-refractivity contribution in [3.8, 4) is 0 Å². The molecule has 4 heteroatoms. The smallest absolute Gasteiger partial charge is 0.251 e. The van der Waals surface area contributed by atoms with Crippen molar-refractivity contribution in [2.24, 2.45) is 0 Å². The van der Waals surface area contributed by atoms with E-state index < -0.39 is 6.04 Å². The van der Waals surface area contributed by atoms with Crippen LogP contribution in [0, 0.1) is 13.8 Å². The fourth-order valence-electron chi connectivity index (χ4n) is 1.85. The molecule has 0 fully saturated rings. The number of carbonyl (C=O) groups excluding carboxylic acids is 2. The summed E-state index contributed by atoms with van der Waals surface area (Å²) in [5.41, 5.74) is 2.66. The molecular formula is C15H22N2O2. The van der Waals surface area contributed by atoms with Crippen LogP contribution in [-0.4, -0.2) is 24.4 Å².